The summed E-state index contributed by atoms with van der Waals surface area (Å²) in [6.07, 6.45) is 1.58. The molecule has 3 N–H and O–H groups in total. The minimum absolute atomic E-state index is 0.0707. The van der Waals surface area contributed by atoms with Crippen LogP contribution in [0.25, 0.3) is 0 Å². The first-order chi connectivity index (χ1) is 9.08. The number of nitrogens with one attached hydrogen (secondary N) is 1. The molecule has 1 aromatic rings. The zero-order chi connectivity index (χ0) is 13.8. The minimum Gasteiger partial charge on any atom is -0.397 e. The third-order valence-corrected chi connectivity index (χ3v) is 3.15. The summed E-state index contributed by atoms with van der Waals surface area (Å²) in [7, 11) is 0. The average molecular weight is 264 g/mol. The standard InChI is InChI=1S/C13H20N4O2/c1-9-7-11(14)8-15-12(9)16-10(2)13(18)17-3-5-19-6-4-17/h7-8,10H,3-6,14H2,1-2H3,(H,15,16). The molecule has 1 unspecified atom stereocenters. The number of hydrogen-bond donors (Lipinski definition) is 2. The number of hydrogen-bond acceptors (Lipinski definition) is 5. The van der Waals surface area contributed by atoms with E-state index in [0.29, 0.717) is 37.8 Å². The van der Waals surface area contributed by atoms with Crippen LogP contribution in [0.5, 0.6) is 0 Å². The number of anilines is 2. The molecular formula is C13H20N4O2. The smallest absolute Gasteiger partial charge is 0.244 e. The topological polar surface area (TPSA) is 80.5 Å². The van der Waals surface area contributed by atoms with Crippen molar-refractivity contribution >= 4 is 17.4 Å². The highest BCUT2D eigenvalue weighted by Gasteiger charge is 2.22. The van der Waals surface area contributed by atoms with Gasteiger partial charge in [-0.1, -0.05) is 0 Å². The van der Waals surface area contributed by atoms with Gasteiger partial charge in [0.15, 0.2) is 0 Å². The maximum absolute atomic E-state index is 12.2. The van der Waals surface area contributed by atoms with E-state index < -0.39 is 0 Å². The lowest BCUT2D eigenvalue weighted by Crippen LogP contribution is -2.47. The fourth-order valence-electron chi connectivity index (χ4n) is 2.07. The average Bonchev–Trinajstić information content (AvgIpc) is 2.42. The van der Waals surface area contributed by atoms with E-state index >= 15 is 0 Å². The Balaban J connectivity index is 1.99. The van der Waals surface area contributed by atoms with Crippen LogP contribution >= 0.6 is 0 Å². The van der Waals surface area contributed by atoms with E-state index in [4.69, 9.17) is 10.5 Å². The summed E-state index contributed by atoms with van der Waals surface area (Å²) < 4.78 is 5.24. The number of amides is 1. The molecule has 104 valence electrons. The predicted octanol–water partition coefficient (Wildman–Crippen LogP) is 0.631. The molecule has 1 aromatic heterocycles. The Morgan fingerprint density at radius 2 is 2.21 bits per heavy atom. The number of pyridine rings is 1. The lowest BCUT2D eigenvalue weighted by atomic mass is 10.2. The summed E-state index contributed by atoms with van der Waals surface area (Å²) in [4.78, 5) is 18.3. The van der Waals surface area contributed by atoms with Gasteiger partial charge in [-0.2, -0.15) is 0 Å². The summed E-state index contributed by atoms with van der Waals surface area (Å²) >= 11 is 0. The van der Waals surface area contributed by atoms with Crippen molar-refractivity contribution < 1.29 is 9.53 Å². The molecule has 0 aromatic carbocycles. The fourth-order valence-corrected chi connectivity index (χ4v) is 2.07. The van der Waals surface area contributed by atoms with Gasteiger partial charge in [-0.15, -0.1) is 0 Å². The molecule has 0 radical (unpaired) electrons. The summed E-state index contributed by atoms with van der Waals surface area (Å²) in [6, 6.07) is 1.52. The van der Waals surface area contributed by atoms with Crippen LogP contribution in [0.1, 0.15) is 12.5 Å². The van der Waals surface area contributed by atoms with Crippen LogP contribution in [0.3, 0.4) is 0 Å². The lowest BCUT2D eigenvalue weighted by molar-refractivity contribution is -0.135. The largest absolute Gasteiger partial charge is 0.397 e. The zero-order valence-corrected chi connectivity index (χ0v) is 11.3. The van der Waals surface area contributed by atoms with Gasteiger partial charge in [0.2, 0.25) is 5.91 Å². The van der Waals surface area contributed by atoms with Crippen molar-refractivity contribution in [2.45, 2.75) is 19.9 Å². The normalized spacial score (nSPS) is 17.1. The molecule has 0 spiro atoms. The van der Waals surface area contributed by atoms with E-state index in [9.17, 15) is 4.79 Å². The molecule has 6 nitrogen and oxygen atoms in total. The Bertz CT molecular complexity index is 458. The molecule has 0 saturated carbocycles. The van der Waals surface area contributed by atoms with Crippen LogP contribution in [0.15, 0.2) is 12.3 Å². The van der Waals surface area contributed by atoms with Crippen LogP contribution < -0.4 is 11.1 Å². The quantitative estimate of drug-likeness (QED) is 0.837. The number of nitrogens with zero attached hydrogens (tertiary/aromatic N) is 2. The van der Waals surface area contributed by atoms with Gasteiger partial charge in [0.1, 0.15) is 11.9 Å². The Morgan fingerprint density at radius 1 is 1.53 bits per heavy atom. The first kappa shape index (κ1) is 13.6. The van der Waals surface area contributed by atoms with Gasteiger partial charge in [-0.3, -0.25) is 4.79 Å². The van der Waals surface area contributed by atoms with Crippen molar-refractivity contribution in [1.29, 1.82) is 0 Å². The molecule has 1 atom stereocenters. The van der Waals surface area contributed by atoms with Crippen molar-refractivity contribution in [1.82, 2.24) is 9.88 Å². The molecule has 1 aliphatic rings. The zero-order valence-electron chi connectivity index (χ0n) is 11.3. The number of rotatable bonds is 3. The van der Waals surface area contributed by atoms with Crippen molar-refractivity contribution in [3.8, 4) is 0 Å². The third-order valence-electron chi connectivity index (χ3n) is 3.15. The summed E-state index contributed by atoms with van der Waals surface area (Å²) in [5.74, 6) is 0.768. The summed E-state index contributed by atoms with van der Waals surface area (Å²) in [5.41, 5.74) is 7.21. The molecule has 2 rings (SSSR count). The van der Waals surface area contributed by atoms with Crippen molar-refractivity contribution in [2.75, 3.05) is 37.4 Å². The van der Waals surface area contributed by atoms with E-state index in [2.05, 4.69) is 10.3 Å². The SMILES string of the molecule is Cc1cc(N)cnc1NC(C)C(=O)N1CCOCC1. The molecule has 2 heterocycles. The van der Waals surface area contributed by atoms with Crippen molar-refractivity contribution in [2.24, 2.45) is 0 Å². The van der Waals surface area contributed by atoms with Crippen molar-refractivity contribution in [3.63, 3.8) is 0 Å². The molecule has 1 fully saturated rings. The van der Waals surface area contributed by atoms with Crippen LogP contribution in [-0.2, 0) is 9.53 Å². The number of aryl methyl sites for hydroxylation is 1. The van der Waals surface area contributed by atoms with E-state index in [1.54, 1.807) is 6.20 Å². The highest BCUT2D eigenvalue weighted by Crippen LogP contribution is 2.15. The Hall–Kier alpha value is -1.82. The number of aromatic nitrogens is 1. The van der Waals surface area contributed by atoms with Gasteiger partial charge >= 0.3 is 0 Å². The number of ether oxygens (including phenoxy) is 1. The Kier molecular flexibility index (Phi) is 4.21. The molecule has 0 bridgehead atoms. The van der Waals surface area contributed by atoms with Crippen LogP contribution in [0.4, 0.5) is 11.5 Å². The summed E-state index contributed by atoms with van der Waals surface area (Å²) in [5, 5.41) is 3.14. The second-order valence-corrected chi connectivity index (χ2v) is 4.74. The van der Waals surface area contributed by atoms with Crippen molar-refractivity contribution in [3.05, 3.63) is 17.8 Å². The second kappa shape index (κ2) is 5.88. The van der Waals surface area contributed by atoms with E-state index in [-0.39, 0.29) is 11.9 Å². The van der Waals surface area contributed by atoms with Gasteiger partial charge in [-0.25, -0.2) is 4.98 Å². The predicted molar refractivity (Wildman–Crippen MR) is 73.9 cm³/mol. The number of morpholine rings is 1. The third kappa shape index (κ3) is 3.35. The van der Waals surface area contributed by atoms with Gasteiger partial charge in [0.25, 0.3) is 0 Å². The molecule has 1 aliphatic heterocycles. The molecule has 6 heteroatoms. The van der Waals surface area contributed by atoms with E-state index in [1.165, 1.54) is 0 Å². The van der Waals surface area contributed by atoms with Gasteiger partial charge < -0.3 is 20.7 Å². The second-order valence-electron chi connectivity index (χ2n) is 4.74. The van der Waals surface area contributed by atoms with Crippen LogP contribution in [0.2, 0.25) is 0 Å². The van der Waals surface area contributed by atoms with Crippen LogP contribution in [0, 0.1) is 6.92 Å². The minimum atomic E-state index is -0.312. The number of carbonyl (C=O) groups excluding carboxylic acids is 1. The lowest BCUT2D eigenvalue weighted by Gasteiger charge is -2.29. The fraction of sp³-hybridized carbons (Fsp3) is 0.538. The van der Waals surface area contributed by atoms with Gasteiger partial charge in [0, 0.05) is 13.1 Å². The Labute approximate surface area is 112 Å². The van der Waals surface area contributed by atoms with E-state index in [0.717, 1.165) is 5.56 Å². The van der Waals surface area contributed by atoms with Gasteiger partial charge in [-0.05, 0) is 25.5 Å². The summed E-state index contributed by atoms with van der Waals surface area (Å²) in [6.45, 7) is 6.28. The first-order valence-corrected chi connectivity index (χ1v) is 6.43. The maximum Gasteiger partial charge on any atom is 0.244 e. The molecule has 1 saturated heterocycles. The highest BCUT2D eigenvalue weighted by atomic mass is 16.5. The van der Waals surface area contributed by atoms with Crippen LogP contribution in [-0.4, -0.2) is 48.1 Å². The Morgan fingerprint density at radius 3 is 2.84 bits per heavy atom. The molecular weight excluding hydrogens is 244 g/mol. The molecule has 0 aliphatic carbocycles. The molecule has 19 heavy (non-hydrogen) atoms. The van der Waals surface area contributed by atoms with E-state index in [1.807, 2.05) is 24.8 Å². The first-order valence-electron chi connectivity index (χ1n) is 6.43. The molecule has 1 amide bonds. The highest BCUT2D eigenvalue weighted by molar-refractivity contribution is 5.84. The number of carbonyl (C=O) groups is 1. The maximum atomic E-state index is 12.2. The van der Waals surface area contributed by atoms with Gasteiger partial charge in [0.05, 0.1) is 25.1 Å². The number of nitrogen functional groups attached to an aromatic ring is 1. The monoisotopic (exact) mass is 264 g/mol. The number of nitrogens with two attached hydrogens (primary N) is 1.